The molecule has 0 aliphatic heterocycles. The third-order valence-electron chi connectivity index (χ3n) is 4.53. The predicted molar refractivity (Wildman–Crippen MR) is 119 cm³/mol. The number of ether oxygens (including phenoxy) is 1. The first-order valence-electron chi connectivity index (χ1n) is 9.57. The monoisotopic (exact) mass is 451 g/mol. The molecule has 2 heterocycles. The van der Waals surface area contributed by atoms with Crippen LogP contribution in [0.15, 0.2) is 70.9 Å². The number of halogens is 1. The van der Waals surface area contributed by atoms with Crippen LogP contribution in [0.4, 0.5) is 10.1 Å². The van der Waals surface area contributed by atoms with E-state index in [1.54, 1.807) is 36.4 Å². The van der Waals surface area contributed by atoms with Gasteiger partial charge in [-0.3, -0.25) is 14.2 Å². The molecular weight excluding hydrogens is 433 g/mol. The Labute approximate surface area is 186 Å². The number of carbonyl (C=O) groups is 1. The molecule has 2 aromatic heterocycles. The molecule has 2 aromatic carbocycles. The van der Waals surface area contributed by atoms with Crippen LogP contribution in [-0.4, -0.2) is 38.3 Å². The van der Waals surface area contributed by atoms with E-state index >= 15 is 0 Å². The molecule has 0 radical (unpaired) electrons. The molecule has 0 saturated heterocycles. The zero-order chi connectivity index (χ0) is 22.5. The molecule has 4 aromatic rings. The van der Waals surface area contributed by atoms with Gasteiger partial charge in [0, 0.05) is 12.4 Å². The van der Waals surface area contributed by atoms with Crippen molar-refractivity contribution in [1.82, 2.24) is 19.5 Å². The lowest BCUT2D eigenvalue weighted by Gasteiger charge is -2.13. The smallest absolute Gasteiger partial charge is 0.282 e. The molecule has 0 atom stereocenters. The van der Waals surface area contributed by atoms with E-state index in [9.17, 15) is 14.0 Å². The topological polar surface area (TPSA) is 99.0 Å². The van der Waals surface area contributed by atoms with E-state index in [2.05, 4.69) is 20.3 Å². The number of para-hydroxylation sites is 2. The number of benzene rings is 2. The van der Waals surface area contributed by atoms with Crippen LogP contribution in [0.3, 0.4) is 0 Å². The molecule has 1 N–H and O–H groups in total. The highest BCUT2D eigenvalue weighted by molar-refractivity contribution is 7.99. The van der Waals surface area contributed by atoms with Gasteiger partial charge in [0.05, 0.1) is 25.1 Å². The number of methoxy groups -OCH3 is 1. The fourth-order valence-corrected chi connectivity index (χ4v) is 3.80. The van der Waals surface area contributed by atoms with Crippen LogP contribution < -0.4 is 15.6 Å². The van der Waals surface area contributed by atoms with Crippen LogP contribution >= 0.6 is 11.8 Å². The van der Waals surface area contributed by atoms with Crippen molar-refractivity contribution >= 4 is 34.5 Å². The average molecular weight is 451 g/mol. The van der Waals surface area contributed by atoms with Gasteiger partial charge in [0.25, 0.3) is 5.56 Å². The first-order valence-corrected chi connectivity index (χ1v) is 10.6. The predicted octanol–water partition coefficient (Wildman–Crippen LogP) is 3.11. The molecule has 8 nitrogen and oxygen atoms in total. The van der Waals surface area contributed by atoms with Gasteiger partial charge >= 0.3 is 0 Å². The standard InChI is InChI=1S/C22H18FN5O3S/c1-31-17-5-3-2-4-16(17)26-18(29)13-32-22-27-20-19(24-10-11-25-20)21(30)28(22)12-14-6-8-15(23)9-7-14/h2-11H,12-13H2,1H3,(H,26,29). The van der Waals surface area contributed by atoms with Gasteiger partial charge < -0.3 is 10.1 Å². The van der Waals surface area contributed by atoms with Crippen molar-refractivity contribution in [2.75, 3.05) is 18.2 Å². The normalized spacial score (nSPS) is 10.8. The maximum absolute atomic E-state index is 13.3. The second kappa shape index (κ2) is 9.56. The first-order chi connectivity index (χ1) is 15.5. The number of hydrogen-bond donors (Lipinski definition) is 1. The number of fused-ring (bicyclic) bond motifs is 1. The lowest BCUT2D eigenvalue weighted by Crippen LogP contribution is -2.26. The number of thioether (sulfide) groups is 1. The molecule has 0 spiro atoms. The van der Waals surface area contributed by atoms with E-state index in [0.717, 1.165) is 11.8 Å². The second-order valence-electron chi connectivity index (χ2n) is 6.68. The zero-order valence-corrected chi connectivity index (χ0v) is 17.8. The lowest BCUT2D eigenvalue weighted by molar-refractivity contribution is -0.113. The van der Waals surface area contributed by atoms with Gasteiger partial charge in [-0.2, -0.15) is 0 Å². The Bertz CT molecular complexity index is 1330. The summed E-state index contributed by atoms with van der Waals surface area (Å²) in [5, 5.41) is 3.10. The van der Waals surface area contributed by atoms with Gasteiger partial charge in [-0.1, -0.05) is 36.0 Å². The number of rotatable bonds is 7. The van der Waals surface area contributed by atoms with Crippen molar-refractivity contribution < 1.29 is 13.9 Å². The Morgan fingerprint density at radius 3 is 2.66 bits per heavy atom. The molecule has 10 heteroatoms. The Hall–Kier alpha value is -3.79. The van der Waals surface area contributed by atoms with Crippen molar-refractivity contribution in [3.05, 3.63) is 82.7 Å². The van der Waals surface area contributed by atoms with Gasteiger partial charge in [-0.05, 0) is 29.8 Å². The highest BCUT2D eigenvalue weighted by Gasteiger charge is 2.16. The summed E-state index contributed by atoms with van der Waals surface area (Å²) in [5.41, 5.74) is 1.18. The Kier molecular flexibility index (Phi) is 6.41. The Morgan fingerprint density at radius 2 is 1.88 bits per heavy atom. The first kappa shape index (κ1) is 21.4. The van der Waals surface area contributed by atoms with Crippen molar-refractivity contribution in [3.63, 3.8) is 0 Å². The van der Waals surface area contributed by atoms with Crippen molar-refractivity contribution in [3.8, 4) is 5.75 Å². The molecule has 0 bridgehead atoms. The summed E-state index contributed by atoms with van der Waals surface area (Å²) in [7, 11) is 1.52. The fraction of sp³-hybridized carbons (Fsp3) is 0.136. The van der Waals surface area contributed by atoms with Crippen LogP contribution in [0.1, 0.15) is 5.56 Å². The van der Waals surface area contributed by atoms with Gasteiger partial charge in [-0.25, -0.2) is 19.3 Å². The number of aromatic nitrogens is 4. The maximum Gasteiger partial charge on any atom is 0.282 e. The van der Waals surface area contributed by atoms with Gasteiger partial charge in [0.1, 0.15) is 11.6 Å². The van der Waals surface area contributed by atoms with Gasteiger partial charge in [0.2, 0.25) is 5.91 Å². The summed E-state index contributed by atoms with van der Waals surface area (Å²) in [5.74, 6) is -0.120. The highest BCUT2D eigenvalue weighted by atomic mass is 32.2. The summed E-state index contributed by atoms with van der Waals surface area (Å²) >= 11 is 1.10. The summed E-state index contributed by atoms with van der Waals surface area (Å²) in [4.78, 5) is 38.2. The molecule has 4 rings (SSSR count). The number of nitrogens with one attached hydrogen (secondary N) is 1. The summed E-state index contributed by atoms with van der Waals surface area (Å²) in [6.45, 7) is 0.148. The average Bonchev–Trinajstić information content (AvgIpc) is 2.81. The van der Waals surface area contributed by atoms with Gasteiger partial charge in [-0.15, -0.1) is 0 Å². The van der Waals surface area contributed by atoms with Crippen LogP contribution in [-0.2, 0) is 11.3 Å². The van der Waals surface area contributed by atoms with Crippen molar-refractivity contribution in [2.45, 2.75) is 11.7 Å². The third-order valence-corrected chi connectivity index (χ3v) is 5.50. The number of carbonyl (C=O) groups excluding carboxylic acids is 1. The van der Waals surface area contributed by atoms with Crippen molar-refractivity contribution in [1.29, 1.82) is 0 Å². The van der Waals surface area contributed by atoms with E-state index in [1.165, 1.54) is 36.2 Å². The zero-order valence-electron chi connectivity index (χ0n) is 17.0. The molecule has 162 valence electrons. The summed E-state index contributed by atoms with van der Waals surface area (Å²) < 4.78 is 19.9. The SMILES string of the molecule is COc1ccccc1NC(=O)CSc1nc2nccnc2c(=O)n1Cc1ccc(F)cc1. The Balaban J connectivity index is 1.61. The van der Waals surface area contributed by atoms with Crippen LogP contribution in [0.2, 0.25) is 0 Å². The number of anilines is 1. The minimum absolute atomic E-state index is 0.000322. The molecule has 0 saturated carbocycles. The van der Waals surface area contributed by atoms with E-state index in [-0.39, 0.29) is 40.7 Å². The largest absolute Gasteiger partial charge is 0.495 e. The van der Waals surface area contributed by atoms with E-state index < -0.39 is 0 Å². The number of amides is 1. The second-order valence-corrected chi connectivity index (χ2v) is 7.62. The Morgan fingerprint density at radius 1 is 1.12 bits per heavy atom. The van der Waals surface area contributed by atoms with Crippen molar-refractivity contribution in [2.24, 2.45) is 0 Å². The third kappa shape index (κ3) is 4.75. The molecule has 0 fully saturated rings. The van der Waals surface area contributed by atoms with E-state index in [1.807, 2.05) is 0 Å². The lowest BCUT2D eigenvalue weighted by atomic mass is 10.2. The molecule has 0 aliphatic carbocycles. The van der Waals surface area contributed by atoms with E-state index in [0.29, 0.717) is 22.2 Å². The minimum atomic E-state index is -0.389. The highest BCUT2D eigenvalue weighted by Crippen LogP contribution is 2.24. The molecular formula is C22H18FN5O3S. The molecule has 0 aliphatic rings. The molecule has 32 heavy (non-hydrogen) atoms. The van der Waals surface area contributed by atoms with E-state index in [4.69, 9.17) is 4.74 Å². The maximum atomic E-state index is 13.3. The quantitative estimate of drug-likeness (QED) is 0.340. The number of nitrogens with zero attached hydrogens (tertiary/aromatic N) is 4. The van der Waals surface area contributed by atoms with Crippen LogP contribution in [0, 0.1) is 5.82 Å². The summed E-state index contributed by atoms with van der Waals surface area (Å²) in [6, 6.07) is 12.9. The van der Waals surface area contributed by atoms with Crippen LogP contribution in [0.25, 0.3) is 11.2 Å². The molecule has 1 amide bonds. The van der Waals surface area contributed by atoms with Gasteiger partial charge in [0.15, 0.2) is 16.3 Å². The molecule has 0 unspecified atom stereocenters. The van der Waals surface area contributed by atoms with Crippen LogP contribution in [0.5, 0.6) is 5.75 Å². The fourth-order valence-electron chi connectivity index (χ4n) is 3.02. The summed E-state index contributed by atoms with van der Waals surface area (Å²) in [6.07, 6.45) is 2.86. The number of hydrogen-bond acceptors (Lipinski definition) is 7. The minimum Gasteiger partial charge on any atom is -0.495 e.